The molecule has 0 saturated carbocycles. The molecule has 0 aliphatic heterocycles. The maximum Gasteiger partial charge on any atom is 0.265 e. The molecule has 0 fully saturated rings. The molecule has 6 nitrogen and oxygen atoms in total. The van der Waals surface area contributed by atoms with E-state index >= 15 is 0 Å². The lowest BCUT2D eigenvalue weighted by Gasteiger charge is -2.07. The molecule has 27 heavy (non-hydrogen) atoms. The topological polar surface area (TPSA) is 69.1 Å². The number of hydrogen-bond donors (Lipinski definition) is 1. The third-order valence-electron chi connectivity index (χ3n) is 3.93. The lowest BCUT2D eigenvalue weighted by Crippen LogP contribution is -2.16. The summed E-state index contributed by atoms with van der Waals surface area (Å²) in [7, 11) is 3.15. The Balaban J connectivity index is 1.56. The molecule has 138 valence electrons. The van der Waals surface area contributed by atoms with Crippen LogP contribution in [0.4, 0.5) is 5.69 Å². The number of carbonyl (C=O) groups excluding carboxylic acids is 1. The van der Waals surface area contributed by atoms with E-state index in [1.165, 1.54) is 6.21 Å². The van der Waals surface area contributed by atoms with E-state index in [1.54, 1.807) is 32.4 Å². The summed E-state index contributed by atoms with van der Waals surface area (Å²) >= 11 is 0. The zero-order valence-electron chi connectivity index (χ0n) is 15.1. The van der Waals surface area contributed by atoms with Crippen molar-refractivity contribution in [1.29, 1.82) is 0 Å². The van der Waals surface area contributed by atoms with Crippen LogP contribution in [0.2, 0.25) is 0 Å². The first-order valence-electron chi connectivity index (χ1n) is 8.35. The summed E-state index contributed by atoms with van der Waals surface area (Å²) in [6, 6.07) is 19.0. The minimum Gasteiger partial charge on any atom is -0.497 e. The molecule has 0 bridgehead atoms. The molecule has 0 aliphatic rings. The van der Waals surface area contributed by atoms with E-state index in [0.717, 1.165) is 10.8 Å². The summed E-state index contributed by atoms with van der Waals surface area (Å²) < 4.78 is 10.4. The van der Waals surface area contributed by atoms with Crippen LogP contribution in [0, 0.1) is 0 Å². The predicted molar refractivity (Wildman–Crippen MR) is 106 cm³/mol. The number of rotatable bonds is 7. The molecule has 3 rings (SSSR count). The average molecular weight is 364 g/mol. The summed E-state index contributed by atoms with van der Waals surface area (Å²) in [6.45, 7) is -0.199. The van der Waals surface area contributed by atoms with Gasteiger partial charge < -0.3 is 19.6 Å². The van der Waals surface area contributed by atoms with E-state index in [-0.39, 0.29) is 12.5 Å². The highest BCUT2D eigenvalue weighted by Gasteiger charge is 2.05. The molecular weight excluding hydrogens is 344 g/mol. The van der Waals surface area contributed by atoms with Crippen molar-refractivity contribution in [3.63, 3.8) is 0 Å². The molecule has 0 aromatic heterocycles. The minimum absolute atomic E-state index is 0.199. The largest absolute Gasteiger partial charge is 0.497 e. The molecule has 3 aromatic carbocycles. The Kier molecular flexibility index (Phi) is 5.89. The van der Waals surface area contributed by atoms with Gasteiger partial charge in [0.1, 0.15) is 11.5 Å². The lowest BCUT2D eigenvalue weighted by molar-refractivity contribution is -0.120. The van der Waals surface area contributed by atoms with E-state index in [1.807, 2.05) is 42.5 Å². The first-order chi connectivity index (χ1) is 13.2. The van der Waals surface area contributed by atoms with Gasteiger partial charge >= 0.3 is 0 Å². The number of oxime groups is 1. The number of nitrogens with zero attached hydrogens (tertiary/aromatic N) is 1. The highest BCUT2D eigenvalue weighted by molar-refractivity contribution is 5.95. The summed E-state index contributed by atoms with van der Waals surface area (Å²) in [5.41, 5.74) is 1.40. The Labute approximate surface area is 157 Å². The molecular formula is C21H20N2O4. The van der Waals surface area contributed by atoms with Gasteiger partial charge in [0.25, 0.3) is 5.91 Å². The number of anilines is 1. The zero-order chi connectivity index (χ0) is 19.1. The van der Waals surface area contributed by atoms with Crippen molar-refractivity contribution in [2.24, 2.45) is 5.16 Å². The van der Waals surface area contributed by atoms with Crippen molar-refractivity contribution in [3.05, 3.63) is 66.2 Å². The van der Waals surface area contributed by atoms with Gasteiger partial charge in [-0.25, -0.2) is 0 Å². The Morgan fingerprint density at radius 1 is 1.00 bits per heavy atom. The molecule has 0 unspecified atom stereocenters. The van der Waals surface area contributed by atoms with Crippen molar-refractivity contribution in [2.75, 3.05) is 26.1 Å². The van der Waals surface area contributed by atoms with Gasteiger partial charge in [0, 0.05) is 11.3 Å². The zero-order valence-corrected chi connectivity index (χ0v) is 15.1. The smallest absolute Gasteiger partial charge is 0.265 e. The van der Waals surface area contributed by atoms with Gasteiger partial charge in [0.15, 0.2) is 6.61 Å². The monoisotopic (exact) mass is 364 g/mol. The van der Waals surface area contributed by atoms with E-state index in [2.05, 4.69) is 10.5 Å². The third kappa shape index (κ3) is 4.76. The van der Waals surface area contributed by atoms with E-state index in [0.29, 0.717) is 22.7 Å². The van der Waals surface area contributed by atoms with Crippen LogP contribution in [-0.4, -0.2) is 32.9 Å². The second-order valence-electron chi connectivity index (χ2n) is 5.73. The summed E-state index contributed by atoms with van der Waals surface area (Å²) in [5.74, 6) is 1.01. The molecule has 3 aromatic rings. The van der Waals surface area contributed by atoms with Crippen molar-refractivity contribution in [1.82, 2.24) is 0 Å². The summed E-state index contributed by atoms with van der Waals surface area (Å²) in [4.78, 5) is 17.1. The fraction of sp³-hybridized carbons (Fsp3) is 0.143. The van der Waals surface area contributed by atoms with Crippen molar-refractivity contribution in [3.8, 4) is 11.5 Å². The third-order valence-corrected chi connectivity index (χ3v) is 3.93. The Morgan fingerprint density at radius 2 is 1.81 bits per heavy atom. The second kappa shape index (κ2) is 8.71. The summed E-state index contributed by atoms with van der Waals surface area (Å²) in [6.07, 6.45) is 1.48. The van der Waals surface area contributed by atoms with Gasteiger partial charge in [-0.15, -0.1) is 0 Å². The first-order valence-corrected chi connectivity index (χ1v) is 8.35. The number of methoxy groups -OCH3 is 2. The minimum atomic E-state index is -0.292. The SMILES string of the molecule is COc1ccc(OC)c(/C=N\OCC(=O)Nc2ccc3ccccc3c2)c1. The maximum atomic E-state index is 12.0. The molecule has 0 atom stereocenters. The maximum absolute atomic E-state index is 12.0. The van der Waals surface area contributed by atoms with Gasteiger partial charge in [-0.05, 0) is 41.1 Å². The molecule has 1 amide bonds. The number of hydrogen-bond acceptors (Lipinski definition) is 5. The van der Waals surface area contributed by atoms with Crippen LogP contribution < -0.4 is 14.8 Å². The van der Waals surface area contributed by atoms with Gasteiger partial charge in [-0.1, -0.05) is 35.5 Å². The Morgan fingerprint density at radius 3 is 2.59 bits per heavy atom. The van der Waals surface area contributed by atoms with E-state index < -0.39 is 0 Å². The fourth-order valence-corrected chi connectivity index (χ4v) is 2.59. The Hall–Kier alpha value is -3.54. The average Bonchev–Trinajstić information content (AvgIpc) is 2.71. The normalized spacial score (nSPS) is 10.7. The number of benzene rings is 3. The molecule has 0 aliphatic carbocycles. The molecule has 0 radical (unpaired) electrons. The van der Waals surface area contributed by atoms with Gasteiger partial charge in [0.05, 0.1) is 20.4 Å². The lowest BCUT2D eigenvalue weighted by atomic mass is 10.1. The number of nitrogens with one attached hydrogen (secondary N) is 1. The molecule has 0 spiro atoms. The Bertz CT molecular complexity index is 969. The van der Waals surface area contributed by atoms with Gasteiger partial charge in [-0.2, -0.15) is 0 Å². The van der Waals surface area contributed by atoms with Crippen molar-refractivity contribution in [2.45, 2.75) is 0 Å². The molecule has 6 heteroatoms. The van der Waals surface area contributed by atoms with Gasteiger partial charge in [0.2, 0.25) is 0 Å². The number of fused-ring (bicyclic) bond motifs is 1. The van der Waals surface area contributed by atoms with Crippen LogP contribution in [-0.2, 0) is 9.63 Å². The molecule has 0 heterocycles. The van der Waals surface area contributed by atoms with Gasteiger partial charge in [-0.3, -0.25) is 4.79 Å². The van der Waals surface area contributed by atoms with Crippen LogP contribution in [0.3, 0.4) is 0 Å². The predicted octanol–water partition coefficient (Wildman–Crippen LogP) is 3.85. The van der Waals surface area contributed by atoms with E-state index in [9.17, 15) is 4.79 Å². The fourth-order valence-electron chi connectivity index (χ4n) is 2.59. The highest BCUT2D eigenvalue weighted by atomic mass is 16.6. The van der Waals surface area contributed by atoms with E-state index in [4.69, 9.17) is 14.3 Å². The molecule has 1 N–H and O–H groups in total. The van der Waals surface area contributed by atoms with Crippen LogP contribution in [0.1, 0.15) is 5.56 Å². The number of ether oxygens (including phenoxy) is 2. The van der Waals surface area contributed by atoms with Crippen molar-refractivity contribution >= 4 is 28.6 Å². The standard InChI is InChI=1S/C21H20N2O4/c1-25-19-9-10-20(26-2)17(12-19)13-22-27-14-21(24)23-18-8-7-15-5-3-4-6-16(15)11-18/h3-13H,14H2,1-2H3,(H,23,24)/b22-13-. The van der Waals surface area contributed by atoms with Crippen LogP contribution in [0.15, 0.2) is 65.8 Å². The van der Waals surface area contributed by atoms with Crippen molar-refractivity contribution < 1.29 is 19.1 Å². The second-order valence-corrected chi connectivity index (χ2v) is 5.73. The number of carbonyl (C=O) groups is 1. The van der Waals surface area contributed by atoms with Crippen LogP contribution in [0.25, 0.3) is 10.8 Å². The van der Waals surface area contributed by atoms with Crippen LogP contribution in [0.5, 0.6) is 11.5 Å². The number of amides is 1. The summed E-state index contributed by atoms with van der Waals surface area (Å²) in [5, 5.41) is 8.80. The highest BCUT2D eigenvalue weighted by Crippen LogP contribution is 2.22. The van der Waals surface area contributed by atoms with Crippen LogP contribution >= 0.6 is 0 Å². The first kappa shape index (κ1) is 18.3. The quantitative estimate of drug-likeness (QED) is 0.511. The molecule has 0 saturated heterocycles.